The molecule has 1 aromatic rings. The van der Waals surface area contributed by atoms with Crippen LogP contribution in [0.1, 0.15) is 12.8 Å². The Bertz CT molecular complexity index is 331. The van der Waals surface area contributed by atoms with Gasteiger partial charge >= 0.3 is 0 Å². The van der Waals surface area contributed by atoms with Gasteiger partial charge in [0.25, 0.3) is 0 Å². The number of nitrogens with zero attached hydrogens (tertiary/aromatic N) is 2. The van der Waals surface area contributed by atoms with E-state index >= 15 is 0 Å². The number of nitrogens with two attached hydrogens (primary N) is 2. The first-order chi connectivity index (χ1) is 7.74. The molecule has 5 N–H and O–H groups in total. The lowest BCUT2D eigenvalue weighted by Crippen LogP contribution is -2.30. The standard InChI is InChI=1S/C10H17N5S/c11-8-4-9(12)15-10(14-8)16-6-7-2-1-3-13-5-7/h4,7,13H,1-3,5-6H2,(H4,11,12,14,15). The van der Waals surface area contributed by atoms with E-state index in [9.17, 15) is 0 Å². The average molecular weight is 239 g/mol. The first-order valence-corrected chi connectivity index (χ1v) is 6.46. The van der Waals surface area contributed by atoms with Crippen molar-refractivity contribution in [1.29, 1.82) is 0 Å². The van der Waals surface area contributed by atoms with Gasteiger partial charge in [0, 0.05) is 11.8 Å². The molecule has 5 nitrogen and oxygen atoms in total. The third-order valence-corrected chi connectivity index (χ3v) is 3.67. The number of piperidine rings is 1. The Balaban J connectivity index is 1.88. The molecule has 0 aromatic carbocycles. The fraction of sp³-hybridized carbons (Fsp3) is 0.600. The molecule has 16 heavy (non-hydrogen) atoms. The van der Waals surface area contributed by atoms with E-state index in [0.717, 1.165) is 18.8 Å². The number of aromatic nitrogens is 2. The minimum Gasteiger partial charge on any atom is -0.383 e. The summed E-state index contributed by atoms with van der Waals surface area (Å²) in [5, 5.41) is 4.07. The minimum absolute atomic E-state index is 0.441. The zero-order valence-electron chi connectivity index (χ0n) is 9.15. The monoisotopic (exact) mass is 239 g/mol. The van der Waals surface area contributed by atoms with Crippen LogP contribution in [0.4, 0.5) is 11.6 Å². The summed E-state index contributed by atoms with van der Waals surface area (Å²) in [5.41, 5.74) is 11.2. The topological polar surface area (TPSA) is 89.9 Å². The van der Waals surface area contributed by atoms with Gasteiger partial charge in [-0.15, -0.1) is 0 Å². The highest BCUT2D eigenvalue weighted by atomic mass is 32.2. The maximum absolute atomic E-state index is 5.61. The zero-order chi connectivity index (χ0) is 11.4. The Morgan fingerprint density at radius 2 is 2.12 bits per heavy atom. The summed E-state index contributed by atoms with van der Waals surface area (Å²) in [6.07, 6.45) is 2.53. The van der Waals surface area contributed by atoms with Crippen molar-refractivity contribution in [2.24, 2.45) is 5.92 Å². The minimum atomic E-state index is 0.441. The van der Waals surface area contributed by atoms with Crippen LogP contribution in [-0.2, 0) is 0 Å². The van der Waals surface area contributed by atoms with Gasteiger partial charge in [0.05, 0.1) is 0 Å². The van der Waals surface area contributed by atoms with Gasteiger partial charge in [0.1, 0.15) is 11.6 Å². The Morgan fingerprint density at radius 1 is 1.38 bits per heavy atom. The van der Waals surface area contributed by atoms with Crippen LogP contribution < -0.4 is 16.8 Å². The van der Waals surface area contributed by atoms with Crippen molar-refractivity contribution in [3.63, 3.8) is 0 Å². The quantitative estimate of drug-likeness (QED) is 0.532. The van der Waals surface area contributed by atoms with Crippen molar-refractivity contribution < 1.29 is 0 Å². The van der Waals surface area contributed by atoms with E-state index in [2.05, 4.69) is 15.3 Å². The fourth-order valence-corrected chi connectivity index (χ4v) is 2.79. The molecule has 0 spiro atoms. The highest BCUT2D eigenvalue weighted by Crippen LogP contribution is 2.22. The summed E-state index contributed by atoms with van der Waals surface area (Å²) in [7, 11) is 0. The van der Waals surface area contributed by atoms with Gasteiger partial charge in [-0.2, -0.15) is 0 Å². The van der Waals surface area contributed by atoms with Crippen LogP contribution in [0.25, 0.3) is 0 Å². The maximum Gasteiger partial charge on any atom is 0.191 e. The van der Waals surface area contributed by atoms with Gasteiger partial charge in [0.2, 0.25) is 0 Å². The Labute approximate surface area is 99.4 Å². The van der Waals surface area contributed by atoms with Crippen molar-refractivity contribution in [3.8, 4) is 0 Å². The summed E-state index contributed by atoms with van der Waals surface area (Å²) >= 11 is 1.63. The number of anilines is 2. The second-order valence-corrected chi connectivity index (χ2v) is 5.01. The molecule has 0 bridgehead atoms. The third kappa shape index (κ3) is 3.24. The van der Waals surface area contributed by atoms with Crippen molar-refractivity contribution in [2.45, 2.75) is 18.0 Å². The molecule has 1 aromatic heterocycles. The van der Waals surface area contributed by atoms with Gasteiger partial charge in [0.15, 0.2) is 5.16 Å². The first kappa shape index (κ1) is 11.5. The maximum atomic E-state index is 5.61. The lowest BCUT2D eigenvalue weighted by Gasteiger charge is -2.21. The van der Waals surface area contributed by atoms with E-state index in [1.165, 1.54) is 12.8 Å². The van der Waals surface area contributed by atoms with Crippen LogP contribution >= 0.6 is 11.8 Å². The molecule has 1 aliphatic heterocycles. The molecular formula is C10H17N5S. The second kappa shape index (κ2) is 5.36. The number of nitrogens with one attached hydrogen (secondary N) is 1. The van der Waals surface area contributed by atoms with Gasteiger partial charge in [-0.1, -0.05) is 11.8 Å². The molecule has 0 amide bonds. The van der Waals surface area contributed by atoms with Gasteiger partial charge in [-0.25, -0.2) is 9.97 Å². The van der Waals surface area contributed by atoms with E-state index in [1.807, 2.05) is 0 Å². The number of hydrogen-bond donors (Lipinski definition) is 3. The van der Waals surface area contributed by atoms with E-state index in [4.69, 9.17) is 11.5 Å². The molecule has 1 atom stereocenters. The first-order valence-electron chi connectivity index (χ1n) is 5.47. The normalized spacial score (nSPS) is 20.9. The highest BCUT2D eigenvalue weighted by molar-refractivity contribution is 7.99. The number of rotatable bonds is 3. The Kier molecular flexibility index (Phi) is 3.84. The summed E-state index contributed by atoms with van der Waals surface area (Å²) in [6, 6.07) is 1.58. The Morgan fingerprint density at radius 3 is 2.75 bits per heavy atom. The summed E-state index contributed by atoms with van der Waals surface area (Å²) in [4.78, 5) is 8.30. The molecule has 88 valence electrons. The van der Waals surface area contributed by atoms with Gasteiger partial charge in [-0.3, -0.25) is 0 Å². The summed E-state index contributed by atoms with van der Waals surface area (Å²) in [5.74, 6) is 2.61. The Hall–Kier alpha value is -1.01. The van der Waals surface area contributed by atoms with Crippen LogP contribution in [0.2, 0.25) is 0 Å². The van der Waals surface area contributed by atoms with Crippen molar-refractivity contribution in [1.82, 2.24) is 15.3 Å². The van der Waals surface area contributed by atoms with Crippen molar-refractivity contribution >= 4 is 23.4 Å². The summed E-state index contributed by atoms with van der Waals surface area (Å²) < 4.78 is 0. The van der Waals surface area contributed by atoms with Gasteiger partial charge in [-0.05, 0) is 31.8 Å². The molecule has 2 rings (SSSR count). The van der Waals surface area contributed by atoms with E-state index < -0.39 is 0 Å². The lowest BCUT2D eigenvalue weighted by atomic mass is 10.0. The molecule has 1 saturated heterocycles. The fourth-order valence-electron chi connectivity index (χ4n) is 1.79. The summed E-state index contributed by atoms with van der Waals surface area (Å²) in [6.45, 7) is 2.23. The number of thioether (sulfide) groups is 1. The van der Waals surface area contributed by atoms with Crippen LogP contribution in [-0.4, -0.2) is 28.8 Å². The van der Waals surface area contributed by atoms with Gasteiger partial charge < -0.3 is 16.8 Å². The average Bonchev–Trinajstić information content (AvgIpc) is 2.27. The molecule has 6 heteroatoms. The van der Waals surface area contributed by atoms with E-state index in [-0.39, 0.29) is 0 Å². The predicted molar refractivity (Wildman–Crippen MR) is 67.2 cm³/mol. The molecule has 2 heterocycles. The third-order valence-electron chi connectivity index (χ3n) is 2.59. The van der Waals surface area contributed by atoms with Crippen LogP contribution in [0, 0.1) is 5.92 Å². The van der Waals surface area contributed by atoms with E-state index in [0.29, 0.717) is 22.7 Å². The molecular weight excluding hydrogens is 222 g/mol. The SMILES string of the molecule is Nc1cc(N)nc(SCC2CCCNC2)n1. The van der Waals surface area contributed by atoms with Crippen molar-refractivity contribution in [2.75, 3.05) is 30.3 Å². The molecule has 0 radical (unpaired) electrons. The van der Waals surface area contributed by atoms with Crippen LogP contribution in [0.3, 0.4) is 0 Å². The lowest BCUT2D eigenvalue weighted by molar-refractivity contribution is 0.410. The molecule has 0 aliphatic carbocycles. The highest BCUT2D eigenvalue weighted by Gasteiger charge is 2.14. The van der Waals surface area contributed by atoms with Crippen LogP contribution in [0.15, 0.2) is 11.2 Å². The molecule has 0 saturated carbocycles. The second-order valence-electron chi connectivity index (χ2n) is 4.02. The molecule has 1 aliphatic rings. The number of nitrogen functional groups attached to an aromatic ring is 2. The molecule has 1 fully saturated rings. The smallest absolute Gasteiger partial charge is 0.191 e. The predicted octanol–water partition coefficient (Wildman–Crippen LogP) is 0.733. The van der Waals surface area contributed by atoms with Crippen LogP contribution in [0.5, 0.6) is 0 Å². The largest absolute Gasteiger partial charge is 0.383 e. The number of hydrogen-bond acceptors (Lipinski definition) is 6. The zero-order valence-corrected chi connectivity index (χ0v) is 9.96. The molecule has 1 unspecified atom stereocenters. The van der Waals surface area contributed by atoms with E-state index in [1.54, 1.807) is 17.8 Å². The van der Waals surface area contributed by atoms with Crippen molar-refractivity contribution in [3.05, 3.63) is 6.07 Å².